The number of nitriles is 1. The number of carboxylic acid groups (broad SMARTS) is 1. The molecule has 0 radical (unpaired) electrons. The quantitative estimate of drug-likeness (QED) is 0.906. The topological polar surface area (TPSA) is 64.3 Å². The Hall–Kier alpha value is -1.93. The Morgan fingerprint density at radius 2 is 2.11 bits per heavy atom. The Balaban J connectivity index is 2.97. The maximum atomic E-state index is 13.2. The van der Waals surface area contributed by atoms with Gasteiger partial charge in [0.25, 0.3) is 0 Å². The molecule has 19 heavy (non-hydrogen) atoms. The lowest BCUT2D eigenvalue weighted by Gasteiger charge is -2.34. The van der Waals surface area contributed by atoms with Crippen LogP contribution < -0.4 is 0 Å². The minimum Gasteiger partial charge on any atom is -0.480 e. The van der Waals surface area contributed by atoms with Gasteiger partial charge in [0.15, 0.2) is 0 Å². The molecule has 1 rings (SSSR count). The Labute approximate surface area is 112 Å². The van der Waals surface area contributed by atoms with Crippen LogP contribution in [0.25, 0.3) is 0 Å². The molecule has 0 saturated heterocycles. The fourth-order valence-electron chi connectivity index (χ4n) is 1.67. The van der Waals surface area contributed by atoms with Crippen LogP contribution in [0.15, 0.2) is 18.2 Å². The van der Waals surface area contributed by atoms with Crippen molar-refractivity contribution in [2.75, 3.05) is 6.54 Å². The molecule has 0 aliphatic rings. The predicted octanol–water partition coefficient (Wildman–Crippen LogP) is 2.38. The van der Waals surface area contributed by atoms with Gasteiger partial charge in [-0.1, -0.05) is 6.07 Å². The summed E-state index contributed by atoms with van der Waals surface area (Å²) < 4.78 is 13.2. The summed E-state index contributed by atoms with van der Waals surface area (Å²) in [6.07, 6.45) is 0. The lowest BCUT2D eigenvalue weighted by atomic mass is 10.0. The number of nitrogens with zero attached hydrogens (tertiary/aromatic N) is 2. The maximum absolute atomic E-state index is 13.2. The zero-order chi connectivity index (χ0) is 14.6. The lowest BCUT2D eigenvalue weighted by molar-refractivity contribution is -0.139. The molecule has 1 aromatic carbocycles. The van der Waals surface area contributed by atoms with Gasteiger partial charge in [-0.2, -0.15) is 5.26 Å². The number of hydrogen-bond acceptors (Lipinski definition) is 3. The first-order valence-corrected chi connectivity index (χ1v) is 5.89. The number of halogens is 1. The van der Waals surface area contributed by atoms with Crippen molar-refractivity contribution >= 4 is 5.97 Å². The Morgan fingerprint density at radius 3 is 2.58 bits per heavy atom. The van der Waals surface area contributed by atoms with Crippen molar-refractivity contribution in [2.45, 2.75) is 32.9 Å². The van der Waals surface area contributed by atoms with Gasteiger partial charge in [-0.05, 0) is 38.5 Å². The first-order valence-electron chi connectivity index (χ1n) is 5.89. The second-order valence-corrected chi connectivity index (χ2v) is 5.35. The van der Waals surface area contributed by atoms with E-state index in [1.807, 2.05) is 20.8 Å². The normalized spacial score (nSPS) is 11.4. The summed E-state index contributed by atoms with van der Waals surface area (Å²) in [6.45, 7) is 5.97. The molecule has 0 aliphatic carbocycles. The molecule has 0 bridgehead atoms. The highest BCUT2D eigenvalue weighted by atomic mass is 19.1. The molecule has 4 nitrogen and oxygen atoms in total. The summed E-state index contributed by atoms with van der Waals surface area (Å²) in [7, 11) is 0. The van der Waals surface area contributed by atoms with Crippen LogP contribution in [0, 0.1) is 17.1 Å². The molecular formula is C14H17FN2O2. The van der Waals surface area contributed by atoms with Gasteiger partial charge in [0.05, 0.1) is 12.1 Å². The van der Waals surface area contributed by atoms with Crippen molar-refractivity contribution in [3.05, 3.63) is 35.1 Å². The SMILES string of the molecule is CC(C)(C)N(CC(=O)O)Cc1ccc(F)c(C#N)c1. The van der Waals surface area contributed by atoms with E-state index < -0.39 is 11.8 Å². The summed E-state index contributed by atoms with van der Waals surface area (Å²) >= 11 is 0. The average Bonchev–Trinajstić information content (AvgIpc) is 2.28. The van der Waals surface area contributed by atoms with Crippen LogP contribution in [0.2, 0.25) is 0 Å². The summed E-state index contributed by atoms with van der Waals surface area (Å²) in [4.78, 5) is 12.6. The van der Waals surface area contributed by atoms with Crippen LogP contribution in [0.1, 0.15) is 31.9 Å². The first-order chi connectivity index (χ1) is 8.74. The number of benzene rings is 1. The van der Waals surface area contributed by atoms with Gasteiger partial charge in [0, 0.05) is 12.1 Å². The highest BCUT2D eigenvalue weighted by Gasteiger charge is 2.23. The first kappa shape index (κ1) is 15.1. The van der Waals surface area contributed by atoms with E-state index in [4.69, 9.17) is 10.4 Å². The third-order valence-electron chi connectivity index (χ3n) is 2.80. The Bertz CT molecular complexity index is 515. The summed E-state index contributed by atoms with van der Waals surface area (Å²) in [6, 6.07) is 6.03. The standard InChI is InChI=1S/C14H17FN2O2/c1-14(2,3)17(9-13(18)19)8-10-4-5-12(15)11(6-10)7-16/h4-6H,8-9H2,1-3H3,(H,18,19). The molecule has 5 heteroatoms. The van der Waals surface area contributed by atoms with Crippen molar-refractivity contribution in [3.63, 3.8) is 0 Å². The average molecular weight is 264 g/mol. The van der Waals surface area contributed by atoms with Crippen LogP contribution in [0.3, 0.4) is 0 Å². The number of carboxylic acids is 1. The van der Waals surface area contributed by atoms with Crippen LogP contribution in [-0.2, 0) is 11.3 Å². The van der Waals surface area contributed by atoms with E-state index in [2.05, 4.69) is 0 Å². The maximum Gasteiger partial charge on any atom is 0.317 e. The molecular weight excluding hydrogens is 247 g/mol. The van der Waals surface area contributed by atoms with Crippen molar-refractivity contribution < 1.29 is 14.3 Å². The third-order valence-corrected chi connectivity index (χ3v) is 2.80. The van der Waals surface area contributed by atoms with Crippen molar-refractivity contribution in [1.82, 2.24) is 4.90 Å². The van der Waals surface area contributed by atoms with E-state index in [0.717, 1.165) is 0 Å². The van der Waals surface area contributed by atoms with Gasteiger partial charge in [0.2, 0.25) is 0 Å². The van der Waals surface area contributed by atoms with E-state index in [-0.39, 0.29) is 17.6 Å². The smallest absolute Gasteiger partial charge is 0.317 e. The van der Waals surface area contributed by atoms with E-state index in [1.165, 1.54) is 12.1 Å². The number of carbonyl (C=O) groups is 1. The minimum absolute atomic E-state index is 0.0262. The predicted molar refractivity (Wildman–Crippen MR) is 68.9 cm³/mol. The van der Waals surface area contributed by atoms with Gasteiger partial charge in [-0.25, -0.2) is 4.39 Å². The fourth-order valence-corrected chi connectivity index (χ4v) is 1.67. The molecule has 1 N–H and O–H groups in total. The zero-order valence-electron chi connectivity index (χ0n) is 11.3. The highest BCUT2D eigenvalue weighted by molar-refractivity contribution is 5.69. The molecule has 0 spiro atoms. The van der Waals surface area contributed by atoms with Crippen molar-refractivity contribution in [2.24, 2.45) is 0 Å². The van der Waals surface area contributed by atoms with E-state index in [1.54, 1.807) is 17.0 Å². The molecule has 0 aliphatic heterocycles. The molecule has 0 amide bonds. The van der Waals surface area contributed by atoms with Crippen molar-refractivity contribution in [1.29, 1.82) is 5.26 Å². The Kier molecular flexibility index (Phi) is 4.62. The highest BCUT2D eigenvalue weighted by Crippen LogP contribution is 2.18. The molecule has 102 valence electrons. The van der Waals surface area contributed by atoms with Crippen molar-refractivity contribution in [3.8, 4) is 6.07 Å². The van der Waals surface area contributed by atoms with E-state index in [0.29, 0.717) is 12.1 Å². The molecule has 0 aromatic heterocycles. The molecule has 0 heterocycles. The monoisotopic (exact) mass is 264 g/mol. The lowest BCUT2D eigenvalue weighted by Crippen LogP contribution is -2.43. The van der Waals surface area contributed by atoms with E-state index in [9.17, 15) is 9.18 Å². The summed E-state index contributed by atoms with van der Waals surface area (Å²) in [5.74, 6) is -1.48. The summed E-state index contributed by atoms with van der Waals surface area (Å²) in [5.41, 5.74) is 0.357. The van der Waals surface area contributed by atoms with Crippen LogP contribution in [0.4, 0.5) is 4.39 Å². The van der Waals surface area contributed by atoms with Gasteiger partial charge in [-0.3, -0.25) is 9.69 Å². The van der Waals surface area contributed by atoms with Crippen LogP contribution >= 0.6 is 0 Å². The van der Waals surface area contributed by atoms with Gasteiger partial charge < -0.3 is 5.11 Å². The Morgan fingerprint density at radius 1 is 1.47 bits per heavy atom. The molecule has 0 atom stereocenters. The molecule has 1 aromatic rings. The van der Waals surface area contributed by atoms with Gasteiger partial charge >= 0.3 is 5.97 Å². The van der Waals surface area contributed by atoms with Crippen LogP contribution in [-0.4, -0.2) is 28.1 Å². The third kappa shape index (κ3) is 4.34. The zero-order valence-corrected chi connectivity index (χ0v) is 11.3. The second kappa shape index (κ2) is 5.81. The number of aliphatic carboxylic acids is 1. The summed E-state index contributed by atoms with van der Waals surface area (Å²) in [5, 5.41) is 17.7. The van der Waals surface area contributed by atoms with Gasteiger partial charge in [-0.15, -0.1) is 0 Å². The number of hydrogen-bond donors (Lipinski definition) is 1. The largest absolute Gasteiger partial charge is 0.480 e. The second-order valence-electron chi connectivity index (χ2n) is 5.35. The molecule has 0 saturated carbocycles. The minimum atomic E-state index is -0.919. The van der Waals surface area contributed by atoms with E-state index >= 15 is 0 Å². The van der Waals surface area contributed by atoms with Crippen LogP contribution in [0.5, 0.6) is 0 Å². The number of rotatable bonds is 4. The molecule has 0 unspecified atom stereocenters. The van der Waals surface area contributed by atoms with Gasteiger partial charge in [0.1, 0.15) is 11.9 Å². The molecule has 0 fully saturated rings. The fraction of sp³-hybridized carbons (Fsp3) is 0.429.